The summed E-state index contributed by atoms with van der Waals surface area (Å²) in [7, 11) is 0. The molecule has 1 amide bonds. The SMILES string of the molecule is CC(C)(C)OC(=O)NCc1ccc(F)c(C(C)(C)C)c1. The second-order valence-corrected chi connectivity index (χ2v) is 6.92. The van der Waals surface area contributed by atoms with Crippen LogP contribution in [0.15, 0.2) is 18.2 Å². The van der Waals surface area contributed by atoms with Gasteiger partial charge in [-0.15, -0.1) is 0 Å². The predicted octanol–water partition coefficient (Wildman–Crippen LogP) is 4.15. The van der Waals surface area contributed by atoms with Crippen molar-refractivity contribution >= 4 is 6.09 Å². The summed E-state index contributed by atoms with van der Waals surface area (Å²) in [4.78, 5) is 11.6. The first kappa shape index (κ1) is 16.5. The molecule has 0 saturated heterocycles. The molecule has 112 valence electrons. The van der Waals surface area contributed by atoms with Crippen LogP contribution in [0.25, 0.3) is 0 Å². The van der Waals surface area contributed by atoms with Gasteiger partial charge in [-0.05, 0) is 43.4 Å². The third kappa shape index (κ3) is 5.19. The van der Waals surface area contributed by atoms with Crippen molar-refractivity contribution < 1.29 is 13.9 Å². The molecule has 0 aliphatic rings. The molecule has 0 bridgehead atoms. The van der Waals surface area contributed by atoms with Crippen LogP contribution in [0.5, 0.6) is 0 Å². The van der Waals surface area contributed by atoms with Gasteiger partial charge < -0.3 is 10.1 Å². The molecular formula is C16H24FNO2. The van der Waals surface area contributed by atoms with Crippen LogP contribution in [0.4, 0.5) is 9.18 Å². The van der Waals surface area contributed by atoms with Crippen molar-refractivity contribution in [3.63, 3.8) is 0 Å². The number of carbonyl (C=O) groups excluding carboxylic acids is 1. The van der Waals surface area contributed by atoms with E-state index in [-0.39, 0.29) is 11.2 Å². The zero-order chi connectivity index (χ0) is 15.6. The smallest absolute Gasteiger partial charge is 0.407 e. The highest BCUT2D eigenvalue weighted by Gasteiger charge is 2.19. The number of alkyl carbamates (subject to hydrolysis) is 1. The summed E-state index contributed by atoms with van der Waals surface area (Å²) < 4.78 is 18.9. The lowest BCUT2D eigenvalue weighted by Gasteiger charge is -2.21. The molecule has 1 aromatic carbocycles. The zero-order valence-electron chi connectivity index (χ0n) is 13.1. The van der Waals surface area contributed by atoms with Gasteiger partial charge in [0.1, 0.15) is 11.4 Å². The first-order chi connectivity index (χ1) is 8.99. The van der Waals surface area contributed by atoms with Crippen LogP contribution in [0, 0.1) is 5.82 Å². The van der Waals surface area contributed by atoms with E-state index in [9.17, 15) is 9.18 Å². The Morgan fingerprint density at radius 1 is 1.20 bits per heavy atom. The minimum atomic E-state index is -0.524. The van der Waals surface area contributed by atoms with E-state index in [2.05, 4.69) is 5.32 Å². The van der Waals surface area contributed by atoms with Crippen molar-refractivity contribution in [2.45, 2.75) is 59.1 Å². The third-order valence-corrected chi connectivity index (χ3v) is 2.67. The number of ether oxygens (including phenoxy) is 1. The Kier molecular flexibility index (Phi) is 4.79. The first-order valence-corrected chi connectivity index (χ1v) is 6.75. The van der Waals surface area contributed by atoms with Gasteiger partial charge in [-0.1, -0.05) is 32.9 Å². The summed E-state index contributed by atoms with van der Waals surface area (Å²) in [5, 5.41) is 2.67. The molecule has 1 N–H and O–H groups in total. The molecule has 0 aliphatic carbocycles. The van der Waals surface area contributed by atoms with Gasteiger partial charge in [0.05, 0.1) is 0 Å². The van der Waals surface area contributed by atoms with Gasteiger partial charge in [0, 0.05) is 6.54 Å². The molecule has 4 heteroatoms. The van der Waals surface area contributed by atoms with E-state index in [4.69, 9.17) is 4.74 Å². The van der Waals surface area contributed by atoms with E-state index in [1.54, 1.807) is 12.1 Å². The molecule has 20 heavy (non-hydrogen) atoms. The van der Waals surface area contributed by atoms with Crippen LogP contribution in [0.3, 0.4) is 0 Å². The van der Waals surface area contributed by atoms with Crippen LogP contribution in [0.1, 0.15) is 52.7 Å². The fourth-order valence-electron chi connectivity index (χ4n) is 1.75. The second-order valence-electron chi connectivity index (χ2n) is 6.92. The Hall–Kier alpha value is -1.58. The molecule has 0 unspecified atom stereocenters. The molecule has 0 saturated carbocycles. The average molecular weight is 281 g/mol. The van der Waals surface area contributed by atoms with Crippen molar-refractivity contribution in [3.05, 3.63) is 35.1 Å². The van der Waals surface area contributed by atoms with Gasteiger partial charge in [-0.25, -0.2) is 9.18 Å². The van der Waals surface area contributed by atoms with E-state index >= 15 is 0 Å². The molecule has 0 atom stereocenters. The number of hydrogen-bond acceptors (Lipinski definition) is 2. The molecule has 1 aromatic rings. The molecule has 0 aromatic heterocycles. The zero-order valence-corrected chi connectivity index (χ0v) is 13.1. The Balaban J connectivity index is 2.73. The standard InChI is InChI=1S/C16H24FNO2/c1-15(2,3)12-9-11(7-8-13(12)17)10-18-14(19)20-16(4,5)6/h7-9H,10H2,1-6H3,(H,18,19). The lowest BCUT2D eigenvalue weighted by molar-refractivity contribution is 0.0523. The summed E-state index contributed by atoms with van der Waals surface area (Å²) in [6.07, 6.45) is -0.473. The van der Waals surface area contributed by atoms with Crippen molar-refractivity contribution in [1.82, 2.24) is 5.32 Å². The number of benzene rings is 1. The maximum absolute atomic E-state index is 13.8. The van der Waals surface area contributed by atoms with Crippen LogP contribution >= 0.6 is 0 Å². The number of halogens is 1. The van der Waals surface area contributed by atoms with Crippen molar-refractivity contribution in [2.24, 2.45) is 0 Å². The minimum Gasteiger partial charge on any atom is -0.444 e. The number of nitrogens with one attached hydrogen (secondary N) is 1. The minimum absolute atomic E-state index is 0.224. The second kappa shape index (κ2) is 5.81. The van der Waals surface area contributed by atoms with Crippen molar-refractivity contribution in [3.8, 4) is 0 Å². The summed E-state index contributed by atoms with van der Waals surface area (Å²) in [6.45, 7) is 11.6. The van der Waals surface area contributed by atoms with E-state index < -0.39 is 11.7 Å². The van der Waals surface area contributed by atoms with Gasteiger partial charge in [-0.2, -0.15) is 0 Å². The normalized spacial score (nSPS) is 12.2. The van der Waals surface area contributed by atoms with Gasteiger partial charge in [0.2, 0.25) is 0 Å². The van der Waals surface area contributed by atoms with E-state index in [1.807, 2.05) is 41.5 Å². The number of hydrogen-bond donors (Lipinski definition) is 1. The maximum atomic E-state index is 13.8. The largest absolute Gasteiger partial charge is 0.444 e. The summed E-state index contributed by atoms with van der Waals surface area (Å²) in [5.41, 5.74) is 0.693. The predicted molar refractivity (Wildman–Crippen MR) is 78.2 cm³/mol. The molecule has 0 fully saturated rings. The molecule has 0 spiro atoms. The van der Waals surface area contributed by atoms with Crippen molar-refractivity contribution in [2.75, 3.05) is 0 Å². The van der Waals surface area contributed by atoms with Gasteiger partial charge in [0.25, 0.3) is 0 Å². The van der Waals surface area contributed by atoms with E-state index in [1.165, 1.54) is 6.07 Å². The molecular weight excluding hydrogens is 257 g/mol. The Labute approximate surface area is 120 Å². The van der Waals surface area contributed by atoms with Gasteiger partial charge in [0.15, 0.2) is 0 Å². The monoisotopic (exact) mass is 281 g/mol. The van der Waals surface area contributed by atoms with Crippen molar-refractivity contribution in [1.29, 1.82) is 0 Å². The third-order valence-electron chi connectivity index (χ3n) is 2.67. The molecule has 3 nitrogen and oxygen atoms in total. The van der Waals surface area contributed by atoms with Crippen LogP contribution in [-0.4, -0.2) is 11.7 Å². The quantitative estimate of drug-likeness (QED) is 0.884. The van der Waals surface area contributed by atoms with Gasteiger partial charge in [-0.3, -0.25) is 0 Å². The number of amides is 1. The van der Waals surface area contributed by atoms with E-state index in [0.29, 0.717) is 12.1 Å². The Bertz CT molecular complexity index is 484. The lowest BCUT2D eigenvalue weighted by atomic mass is 9.86. The highest BCUT2D eigenvalue weighted by molar-refractivity contribution is 5.67. The lowest BCUT2D eigenvalue weighted by Crippen LogP contribution is -2.32. The highest BCUT2D eigenvalue weighted by atomic mass is 19.1. The topological polar surface area (TPSA) is 38.3 Å². The summed E-state index contributed by atoms with van der Waals surface area (Å²) in [6, 6.07) is 4.89. The fraction of sp³-hybridized carbons (Fsp3) is 0.562. The Morgan fingerprint density at radius 3 is 2.30 bits per heavy atom. The molecule has 0 heterocycles. The molecule has 0 aliphatic heterocycles. The van der Waals surface area contributed by atoms with E-state index in [0.717, 1.165) is 5.56 Å². The first-order valence-electron chi connectivity index (χ1n) is 6.75. The van der Waals surface area contributed by atoms with Gasteiger partial charge >= 0.3 is 6.09 Å². The summed E-state index contributed by atoms with van der Waals surface area (Å²) in [5.74, 6) is -0.224. The van der Waals surface area contributed by atoms with Crippen LogP contribution < -0.4 is 5.32 Å². The average Bonchev–Trinajstić information content (AvgIpc) is 2.24. The maximum Gasteiger partial charge on any atom is 0.407 e. The number of carbonyl (C=O) groups is 1. The fourth-order valence-corrected chi connectivity index (χ4v) is 1.75. The molecule has 1 rings (SSSR count). The number of rotatable bonds is 2. The molecule has 0 radical (unpaired) electrons. The Morgan fingerprint density at radius 2 is 1.80 bits per heavy atom. The van der Waals surface area contributed by atoms with Crippen LogP contribution in [0.2, 0.25) is 0 Å². The summed E-state index contributed by atoms with van der Waals surface area (Å²) >= 11 is 0. The highest BCUT2D eigenvalue weighted by Crippen LogP contribution is 2.25. The van der Waals surface area contributed by atoms with Crippen LogP contribution in [-0.2, 0) is 16.7 Å².